The van der Waals surface area contributed by atoms with Gasteiger partial charge in [0.1, 0.15) is 5.92 Å². The highest BCUT2D eigenvalue weighted by Crippen LogP contribution is 2.28. The van der Waals surface area contributed by atoms with E-state index in [4.69, 9.17) is 14.0 Å². The van der Waals surface area contributed by atoms with Crippen molar-refractivity contribution in [3.63, 3.8) is 0 Å². The summed E-state index contributed by atoms with van der Waals surface area (Å²) in [6.45, 7) is 7.72. The molecule has 0 spiro atoms. The van der Waals surface area contributed by atoms with Gasteiger partial charge >= 0.3 is 5.97 Å². The molecule has 2 heterocycles. The smallest absolute Gasteiger partial charge is 0.318 e. The van der Waals surface area contributed by atoms with Crippen molar-refractivity contribution in [3.05, 3.63) is 11.7 Å². The molecule has 1 aromatic rings. The number of aromatic nitrogens is 2. The molecule has 0 N–H and O–H groups in total. The standard InChI is InChI=1S/C15H24N2O4/c1-4-20-15(18)12(9-10(2)3)14-16-13(17-21-14)11-5-7-19-8-6-11/h10-12H,4-9H2,1-3H3. The van der Waals surface area contributed by atoms with E-state index in [0.29, 0.717) is 30.7 Å². The Kier molecular flexibility index (Phi) is 5.73. The molecule has 6 nitrogen and oxygen atoms in total. The third kappa shape index (κ3) is 4.27. The first-order valence-electron chi connectivity index (χ1n) is 7.69. The van der Waals surface area contributed by atoms with Gasteiger partial charge < -0.3 is 14.0 Å². The van der Waals surface area contributed by atoms with Gasteiger partial charge in [-0.15, -0.1) is 0 Å². The number of esters is 1. The number of ether oxygens (including phenoxy) is 2. The molecule has 0 saturated carbocycles. The lowest BCUT2D eigenvalue weighted by Gasteiger charge is -2.18. The van der Waals surface area contributed by atoms with Crippen molar-refractivity contribution in [2.24, 2.45) is 5.92 Å². The maximum absolute atomic E-state index is 12.1. The summed E-state index contributed by atoms with van der Waals surface area (Å²) in [4.78, 5) is 16.6. The Morgan fingerprint density at radius 1 is 1.38 bits per heavy atom. The molecule has 0 radical (unpaired) electrons. The predicted molar refractivity (Wildman–Crippen MR) is 75.9 cm³/mol. The molecule has 1 aliphatic rings. The van der Waals surface area contributed by atoms with Gasteiger partial charge in [0, 0.05) is 19.1 Å². The Balaban J connectivity index is 2.12. The van der Waals surface area contributed by atoms with Crippen molar-refractivity contribution < 1.29 is 18.8 Å². The van der Waals surface area contributed by atoms with Crippen LogP contribution < -0.4 is 0 Å². The molecule has 1 aromatic heterocycles. The summed E-state index contributed by atoms with van der Waals surface area (Å²) in [6, 6.07) is 0. The van der Waals surface area contributed by atoms with Crippen LogP contribution in [0.5, 0.6) is 0 Å². The van der Waals surface area contributed by atoms with Crippen LogP contribution in [0, 0.1) is 5.92 Å². The van der Waals surface area contributed by atoms with Gasteiger partial charge in [-0.3, -0.25) is 4.79 Å². The number of rotatable bonds is 6. The second kappa shape index (κ2) is 7.54. The SMILES string of the molecule is CCOC(=O)C(CC(C)C)c1nc(C2CCOCC2)no1. The normalized spacial score (nSPS) is 17.9. The van der Waals surface area contributed by atoms with Crippen LogP contribution in [-0.4, -0.2) is 35.9 Å². The van der Waals surface area contributed by atoms with Crippen molar-refractivity contribution in [1.29, 1.82) is 0 Å². The molecular weight excluding hydrogens is 272 g/mol. The number of carbonyl (C=O) groups is 1. The lowest BCUT2D eigenvalue weighted by Crippen LogP contribution is -2.19. The number of carbonyl (C=O) groups excluding carboxylic acids is 1. The Morgan fingerprint density at radius 3 is 2.71 bits per heavy atom. The Bertz CT molecular complexity index is 452. The van der Waals surface area contributed by atoms with E-state index in [0.717, 1.165) is 26.1 Å². The van der Waals surface area contributed by atoms with Gasteiger partial charge in [0.15, 0.2) is 5.82 Å². The molecular formula is C15H24N2O4. The summed E-state index contributed by atoms with van der Waals surface area (Å²) in [6.07, 6.45) is 2.44. The van der Waals surface area contributed by atoms with Gasteiger partial charge in [-0.25, -0.2) is 0 Å². The fourth-order valence-electron chi connectivity index (χ4n) is 2.52. The van der Waals surface area contributed by atoms with Crippen LogP contribution in [0.4, 0.5) is 0 Å². The van der Waals surface area contributed by atoms with Crippen LogP contribution in [0.15, 0.2) is 4.52 Å². The van der Waals surface area contributed by atoms with E-state index in [1.54, 1.807) is 6.92 Å². The zero-order valence-corrected chi connectivity index (χ0v) is 13.0. The second-order valence-corrected chi connectivity index (χ2v) is 5.81. The van der Waals surface area contributed by atoms with Crippen LogP contribution in [-0.2, 0) is 14.3 Å². The van der Waals surface area contributed by atoms with E-state index < -0.39 is 5.92 Å². The third-order valence-electron chi connectivity index (χ3n) is 3.62. The van der Waals surface area contributed by atoms with Gasteiger partial charge in [0.25, 0.3) is 0 Å². The van der Waals surface area contributed by atoms with Crippen molar-refractivity contribution in [2.75, 3.05) is 19.8 Å². The monoisotopic (exact) mass is 296 g/mol. The first-order chi connectivity index (χ1) is 10.1. The maximum atomic E-state index is 12.1. The number of nitrogens with zero attached hydrogens (tertiary/aromatic N) is 2. The highest BCUT2D eigenvalue weighted by molar-refractivity contribution is 5.76. The van der Waals surface area contributed by atoms with E-state index in [9.17, 15) is 4.79 Å². The van der Waals surface area contributed by atoms with E-state index in [1.807, 2.05) is 0 Å². The van der Waals surface area contributed by atoms with Crippen LogP contribution in [0.3, 0.4) is 0 Å². The minimum absolute atomic E-state index is 0.262. The Morgan fingerprint density at radius 2 is 2.10 bits per heavy atom. The molecule has 1 unspecified atom stereocenters. The largest absolute Gasteiger partial charge is 0.465 e. The molecule has 6 heteroatoms. The molecule has 21 heavy (non-hydrogen) atoms. The molecule has 0 bridgehead atoms. The first-order valence-corrected chi connectivity index (χ1v) is 7.69. The van der Waals surface area contributed by atoms with Gasteiger partial charge in [-0.05, 0) is 32.1 Å². The van der Waals surface area contributed by atoms with E-state index in [1.165, 1.54) is 0 Å². The molecule has 1 fully saturated rings. The average molecular weight is 296 g/mol. The number of hydrogen-bond acceptors (Lipinski definition) is 6. The van der Waals surface area contributed by atoms with Gasteiger partial charge in [0.05, 0.1) is 6.61 Å². The average Bonchev–Trinajstić information content (AvgIpc) is 2.95. The second-order valence-electron chi connectivity index (χ2n) is 5.81. The lowest BCUT2D eigenvalue weighted by molar-refractivity contribution is -0.146. The van der Waals surface area contributed by atoms with Gasteiger partial charge in [-0.2, -0.15) is 4.98 Å². The lowest BCUT2D eigenvalue weighted by atomic mass is 9.96. The minimum Gasteiger partial charge on any atom is -0.465 e. The Hall–Kier alpha value is -1.43. The highest BCUT2D eigenvalue weighted by atomic mass is 16.5. The first kappa shape index (κ1) is 15.9. The number of hydrogen-bond donors (Lipinski definition) is 0. The van der Waals surface area contributed by atoms with Crippen molar-refractivity contribution in [2.45, 2.75) is 51.9 Å². The third-order valence-corrected chi connectivity index (χ3v) is 3.62. The quantitative estimate of drug-likeness (QED) is 0.751. The topological polar surface area (TPSA) is 74.5 Å². The summed E-state index contributed by atoms with van der Waals surface area (Å²) in [5.74, 6) is 0.922. The van der Waals surface area contributed by atoms with Gasteiger partial charge in [0.2, 0.25) is 5.89 Å². The van der Waals surface area contributed by atoms with Crippen LogP contribution >= 0.6 is 0 Å². The molecule has 118 valence electrons. The fourth-order valence-corrected chi connectivity index (χ4v) is 2.52. The molecule has 1 aliphatic heterocycles. The van der Waals surface area contributed by atoms with Crippen LogP contribution in [0.1, 0.15) is 63.6 Å². The Labute approximate surface area is 125 Å². The van der Waals surface area contributed by atoms with Gasteiger partial charge in [-0.1, -0.05) is 19.0 Å². The zero-order valence-electron chi connectivity index (χ0n) is 13.0. The fraction of sp³-hybridized carbons (Fsp3) is 0.800. The molecule has 0 amide bonds. The maximum Gasteiger partial charge on any atom is 0.318 e. The summed E-state index contributed by atoms with van der Waals surface area (Å²) in [7, 11) is 0. The van der Waals surface area contributed by atoms with Crippen molar-refractivity contribution in [3.8, 4) is 0 Å². The molecule has 0 aromatic carbocycles. The summed E-state index contributed by atoms with van der Waals surface area (Å²) >= 11 is 0. The zero-order chi connectivity index (χ0) is 15.2. The highest BCUT2D eigenvalue weighted by Gasteiger charge is 2.30. The molecule has 1 saturated heterocycles. The molecule has 1 atom stereocenters. The van der Waals surface area contributed by atoms with E-state index >= 15 is 0 Å². The molecule has 0 aliphatic carbocycles. The van der Waals surface area contributed by atoms with Crippen molar-refractivity contribution in [1.82, 2.24) is 10.1 Å². The van der Waals surface area contributed by atoms with Crippen molar-refractivity contribution >= 4 is 5.97 Å². The van der Waals surface area contributed by atoms with E-state index in [2.05, 4.69) is 24.0 Å². The summed E-state index contributed by atoms with van der Waals surface area (Å²) < 4.78 is 15.8. The predicted octanol–water partition coefficient (Wildman–Crippen LogP) is 2.66. The van der Waals surface area contributed by atoms with Crippen LogP contribution in [0.25, 0.3) is 0 Å². The van der Waals surface area contributed by atoms with Crippen LogP contribution in [0.2, 0.25) is 0 Å². The minimum atomic E-state index is -0.467. The summed E-state index contributed by atoms with van der Waals surface area (Å²) in [5, 5.41) is 4.06. The molecule has 2 rings (SSSR count). The van der Waals surface area contributed by atoms with E-state index in [-0.39, 0.29) is 11.9 Å². The summed E-state index contributed by atoms with van der Waals surface area (Å²) in [5.41, 5.74) is 0.